The number of benzene rings is 1. The second kappa shape index (κ2) is 7.50. The molecule has 118 valence electrons. The fourth-order valence-corrected chi connectivity index (χ4v) is 2.46. The van der Waals surface area contributed by atoms with Gasteiger partial charge < -0.3 is 10.1 Å². The van der Waals surface area contributed by atoms with Gasteiger partial charge in [0, 0.05) is 18.1 Å². The zero-order valence-electron chi connectivity index (χ0n) is 12.2. The van der Waals surface area contributed by atoms with Crippen LogP contribution < -0.4 is 15.4 Å². The highest BCUT2D eigenvalue weighted by Gasteiger charge is 2.04. The van der Waals surface area contributed by atoms with Gasteiger partial charge in [0.05, 0.1) is 6.61 Å². The average molecular weight is 329 g/mol. The van der Waals surface area contributed by atoms with Crippen LogP contribution in [0.5, 0.6) is 5.75 Å². The van der Waals surface area contributed by atoms with Gasteiger partial charge in [-0.1, -0.05) is 29.5 Å². The van der Waals surface area contributed by atoms with Crippen molar-refractivity contribution in [3.05, 3.63) is 42.0 Å². The zero-order chi connectivity index (χ0) is 15.9. The molecule has 0 aliphatic rings. The van der Waals surface area contributed by atoms with E-state index >= 15 is 0 Å². The van der Waals surface area contributed by atoms with Crippen LogP contribution in [-0.4, -0.2) is 34.4 Å². The molecule has 0 bridgehead atoms. The number of nitrogens with one attached hydrogen (secondary N) is 2. The first-order chi connectivity index (χ1) is 11.3. The van der Waals surface area contributed by atoms with E-state index in [9.17, 15) is 4.79 Å². The first-order valence-electron chi connectivity index (χ1n) is 7.10. The number of fused-ring (bicyclic) bond motifs is 1. The van der Waals surface area contributed by atoms with Gasteiger partial charge >= 0.3 is 6.03 Å². The number of ether oxygens (including phenoxy) is 1. The molecule has 0 unspecified atom stereocenters. The van der Waals surface area contributed by atoms with Crippen molar-refractivity contribution in [3.63, 3.8) is 0 Å². The predicted molar refractivity (Wildman–Crippen MR) is 88.8 cm³/mol. The van der Waals surface area contributed by atoms with E-state index in [4.69, 9.17) is 4.74 Å². The Labute approximate surface area is 136 Å². The Morgan fingerprint density at radius 1 is 1.26 bits per heavy atom. The third-order valence-electron chi connectivity index (χ3n) is 3.04. The molecule has 7 nitrogen and oxygen atoms in total. The van der Waals surface area contributed by atoms with Crippen LogP contribution in [0.15, 0.2) is 42.0 Å². The molecule has 0 spiro atoms. The molecule has 0 aliphatic carbocycles. The smallest absolute Gasteiger partial charge is 0.321 e. The van der Waals surface area contributed by atoms with Crippen LogP contribution in [0.1, 0.15) is 6.42 Å². The van der Waals surface area contributed by atoms with Crippen molar-refractivity contribution in [1.82, 2.24) is 20.5 Å². The third-order valence-corrected chi connectivity index (χ3v) is 3.65. The van der Waals surface area contributed by atoms with Crippen LogP contribution in [0.4, 0.5) is 9.93 Å². The van der Waals surface area contributed by atoms with Gasteiger partial charge in [-0.2, -0.15) is 0 Å². The second-order valence-electron chi connectivity index (χ2n) is 4.66. The van der Waals surface area contributed by atoms with E-state index < -0.39 is 0 Å². The summed E-state index contributed by atoms with van der Waals surface area (Å²) in [5.74, 6) is 0.751. The van der Waals surface area contributed by atoms with Gasteiger partial charge in [-0.15, -0.1) is 10.2 Å². The number of para-hydroxylation sites is 1. The monoisotopic (exact) mass is 329 g/mol. The molecule has 2 N–H and O–H groups in total. The van der Waals surface area contributed by atoms with Crippen molar-refractivity contribution in [1.29, 1.82) is 0 Å². The summed E-state index contributed by atoms with van der Waals surface area (Å²) in [4.78, 5) is 15.9. The molecule has 2 heterocycles. The fraction of sp³-hybridized carbons (Fsp3) is 0.200. The topological polar surface area (TPSA) is 89.0 Å². The number of amides is 2. The Morgan fingerprint density at radius 3 is 3.04 bits per heavy atom. The van der Waals surface area contributed by atoms with Crippen molar-refractivity contribution in [2.45, 2.75) is 6.42 Å². The van der Waals surface area contributed by atoms with Crippen molar-refractivity contribution in [2.75, 3.05) is 18.5 Å². The van der Waals surface area contributed by atoms with E-state index in [-0.39, 0.29) is 6.03 Å². The van der Waals surface area contributed by atoms with E-state index in [2.05, 4.69) is 25.8 Å². The summed E-state index contributed by atoms with van der Waals surface area (Å²) in [5.41, 5.74) is 2.40. The predicted octanol–water partition coefficient (Wildman–Crippen LogP) is 2.68. The highest BCUT2D eigenvalue weighted by atomic mass is 32.1. The number of nitrogens with zero attached hydrogens (tertiary/aromatic N) is 3. The molecule has 0 aliphatic heterocycles. The fourth-order valence-electron chi connectivity index (χ4n) is 2.02. The summed E-state index contributed by atoms with van der Waals surface area (Å²) < 4.78 is 5.75. The number of carbonyl (C=O) groups excluding carboxylic acids is 1. The van der Waals surface area contributed by atoms with Gasteiger partial charge in [-0.3, -0.25) is 10.3 Å². The lowest BCUT2D eigenvalue weighted by molar-refractivity contribution is 0.250. The summed E-state index contributed by atoms with van der Waals surface area (Å²) >= 11 is 1.27. The van der Waals surface area contributed by atoms with Crippen LogP contribution >= 0.6 is 11.3 Å². The first kappa shape index (κ1) is 15.2. The maximum atomic E-state index is 11.6. The van der Waals surface area contributed by atoms with Gasteiger partial charge in [0.1, 0.15) is 16.8 Å². The molecule has 2 aromatic heterocycles. The highest BCUT2D eigenvalue weighted by molar-refractivity contribution is 7.13. The van der Waals surface area contributed by atoms with Gasteiger partial charge in [0.25, 0.3) is 0 Å². The molecule has 3 aromatic rings. The van der Waals surface area contributed by atoms with Crippen LogP contribution in [-0.2, 0) is 0 Å². The molecule has 8 heteroatoms. The molecule has 0 saturated carbocycles. The van der Waals surface area contributed by atoms with Gasteiger partial charge in [-0.05, 0) is 18.6 Å². The summed E-state index contributed by atoms with van der Waals surface area (Å²) in [5, 5.41) is 14.2. The average Bonchev–Trinajstić information content (AvgIpc) is 3.07. The molecular weight excluding hydrogens is 314 g/mol. The Morgan fingerprint density at radius 2 is 2.17 bits per heavy atom. The third kappa shape index (κ3) is 4.13. The van der Waals surface area contributed by atoms with Crippen molar-refractivity contribution in [2.24, 2.45) is 0 Å². The van der Waals surface area contributed by atoms with Crippen LogP contribution in [0, 0.1) is 0 Å². The molecule has 23 heavy (non-hydrogen) atoms. The first-order valence-corrected chi connectivity index (χ1v) is 7.98. The van der Waals surface area contributed by atoms with Crippen molar-refractivity contribution in [3.8, 4) is 5.75 Å². The maximum Gasteiger partial charge on any atom is 0.321 e. The molecule has 0 saturated heterocycles. The van der Waals surface area contributed by atoms with Crippen molar-refractivity contribution >= 4 is 33.4 Å². The number of aromatic nitrogens is 3. The van der Waals surface area contributed by atoms with Gasteiger partial charge in [0.15, 0.2) is 0 Å². The minimum Gasteiger partial charge on any atom is -0.491 e. The number of rotatable bonds is 6. The number of pyridine rings is 1. The normalized spacial score (nSPS) is 10.4. The molecule has 1 aromatic carbocycles. The molecule has 0 atom stereocenters. The molecule has 0 radical (unpaired) electrons. The van der Waals surface area contributed by atoms with Gasteiger partial charge in [-0.25, -0.2) is 4.79 Å². The van der Waals surface area contributed by atoms with E-state index in [1.54, 1.807) is 11.7 Å². The van der Waals surface area contributed by atoms with Crippen LogP contribution in [0.25, 0.3) is 10.9 Å². The van der Waals surface area contributed by atoms with E-state index in [1.165, 1.54) is 11.3 Å². The van der Waals surface area contributed by atoms with Crippen LogP contribution in [0.2, 0.25) is 0 Å². The minimum atomic E-state index is -0.298. The summed E-state index contributed by atoms with van der Waals surface area (Å²) in [7, 11) is 0. The summed E-state index contributed by atoms with van der Waals surface area (Å²) in [6.07, 6.45) is 2.43. The summed E-state index contributed by atoms with van der Waals surface area (Å²) in [6.45, 7) is 0.998. The number of hydrogen-bond acceptors (Lipinski definition) is 6. The lowest BCUT2D eigenvalue weighted by Crippen LogP contribution is -2.30. The Hall–Kier alpha value is -2.74. The quantitative estimate of drug-likeness (QED) is 0.679. The van der Waals surface area contributed by atoms with Gasteiger partial charge in [0.2, 0.25) is 5.13 Å². The second-order valence-corrected chi connectivity index (χ2v) is 5.49. The lowest BCUT2D eigenvalue weighted by atomic mass is 10.2. The molecule has 0 fully saturated rings. The van der Waals surface area contributed by atoms with Crippen LogP contribution in [0.3, 0.4) is 0 Å². The Kier molecular flexibility index (Phi) is 4.95. The minimum absolute atomic E-state index is 0.298. The highest BCUT2D eigenvalue weighted by Crippen LogP contribution is 2.22. The lowest BCUT2D eigenvalue weighted by Gasteiger charge is -2.09. The Bertz CT molecular complexity index is 773. The maximum absolute atomic E-state index is 11.6. The molecular formula is C15H15N5O2S. The van der Waals surface area contributed by atoms with E-state index in [0.717, 1.165) is 16.7 Å². The number of anilines is 1. The SMILES string of the molecule is O=C(NCCCOc1cccc2cccnc12)Nc1nncs1. The largest absolute Gasteiger partial charge is 0.491 e. The standard InChI is InChI=1S/C15H15N5O2S/c21-14(19-15-20-18-10-23-15)17-8-3-9-22-12-6-1-4-11-5-2-7-16-13(11)12/h1-2,4-7,10H,3,8-9H2,(H2,17,19,20,21). The number of urea groups is 1. The zero-order valence-corrected chi connectivity index (χ0v) is 13.0. The number of carbonyl (C=O) groups is 1. The van der Waals surface area contributed by atoms with E-state index in [0.29, 0.717) is 24.7 Å². The number of hydrogen-bond donors (Lipinski definition) is 2. The molecule has 3 rings (SSSR count). The van der Waals surface area contributed by atoms with E-state index in [1.807, 2.05) is 30.3 Å². The van der Waals surface area contributed by atoms with Crippen molar-refractivity contribution < 1.29 is 9.53 Å². The molecule has 2 amide bonds. The Balaban J connectivity index is 1.42. The summed E-state index contributed by atoms with van der Waals surface area (Å²) in [6, 6.07) is 9.42.